The van der Waals surface area contributed by atoms with E-state index < -0.39 is 4.92 Å². The highest BCUT2D eigenvalue weighted by Crippen LogP contribution is 2.35. The minimum atomic E-state index is -0.395. The predicted molar refractivity (Wildman–Crippen MR) is 74.8 cm³/mol. The molecule has 19 heavy (non-hydrogen) atoms. The Balaban J connectivity index is 2.30. The number of non-ortho nitro benzene ring substituents is 1. The Hall–Kier alpha value is -1.78. The third-order valence-corrected chi connectivity index (χ3v) is 3.58. The molecule has 1 saturated heterocycles. The molecule has 1 fully saturated rings. The van der Waals surface area contributed by atoms with Gasteiger partial charge in [-0.25, -0.2) is 0 Å². The van der Waals surface area contributed by atoms with E-state index in [0.717, 1.165) is 18.8 Å². The van der Waals surface area contributed by atoms with Crippen LogP contribution in [0.3, 0.4) is 0 Å². The highest BCUT2D eigenvalue weighted by atomic mass is 16.6. The van der Waals surface area contributed by atoms with Crippen molar-refractivity contribution in [2.45, 2.75) is 20.3 Å². The minimum absolute atomic E-state index is 0.0682. The molecule has 2 rings (SSSR count). The molecule has 0 bridgehead atoms. The predicted octanol–water partition coefficient (Wildman–Crippen LogP) is 3.09. The van der Waals surface area contributed by atoms with E-state index in [1.165, 1.54) is 12.5 Å². The maximum atomic E-state index is 10.8. The van der Waals surface area contributed by atoms with Crippen molar-refractivity contribution in [1.82, 2.24) is 0 Å². The molecular weight excluding hydrogens is 244 g/mol. The van der Waals surface area contributed by atoms with E-state index in [9.17, 15) is 10.1 Å². The molecule has 0 aliphatic carbocycles. The summed E-state index contributed by atoms with van der Waals surface area (Å²) in [7, 11) is 1.55. The fraction of sp³-hybridized carbons (Fsp3) is 0.571. The molecule has 1 aromatic rings. The Morgan fingerprint density at radius 1 is 1.32 bits per heavy atom. The van der Waals surface area contributed by atoms with Gasteiger partial charge in [-0.15, -0.1) is 0 Å². The van der Waals surface area contributed by atoms with Gasteiger partial charge in [0.2, 0.25) is 0 Å². The quantitative estimate of drug-likeness (QED) is 0.622. The Morgan fingerprint density at radius 3 is 2.47 bits per heavy atom. The number of nitro benzene ring substituents is 1. The van der Waals surface area contributed by atoms with Crippen LogP contribution in [0.25, 0.3) is 0 Å². The Kier molecular flexibility index (Phi) is 3.93. The second-order valence-electron chi connectivity index (χ2n) is 5.46. The van der Waals surface area contributed by atoms with Crippen molar-refractivity contribution < 1.29 is 9.66 Å². The van der Waals surface area contributed by atoms with Gasteiger partial charge in [0.25, 0.3) is 5.69 Å². The lowest BCUT2D eigenvalue weighted by Crippen LogP contribution is -2.38. The monoisotopic (exact) mass is 264 g/mol. The Morgan fingerprint density at radius 2 is 1.95 bits per heavy atom. The molecule has 0 spiro atoms. The molecule has 0 radical (unpaired) electrons. The molecule has 0 aromatic heterocycles. The van der Waals surface area contributed by atoms with Crippen molar-refractivity contribution in [3.05, 3.63) is 28.3 Å². The number of benzene rings is 1. The van der Waals surface area contributed by atoms with Crippen LogP contribution in [0.5, 0.6) is 5.75 Å². The van der Waals surface area contributed by atoms with Gasteiger partial charge in [0.1, 0.15) is 5.75 Å². The van der Waals surface area contributed by atoms with Gasteiger partial charge in [-0.3, -0.25) is 10.1 Å². The summed E-state index contributed by atoms with van der Waals surface area (Å²) in [5, 5.41) is 10.8. The van der Waals surface area contributed by atoms with Crippen LogP contribution >= 0.6 is 0 Å². The van der Waals surface area contributed by atoms with Crippen molar-refractivity contribution >= 4 is 11.4 Å². The largest absolute Gasteiger partial charge is 0.494 e. The van der Waals surface area contributed by atoms with Gasteiger partial charge in [-0.1, -0.05) is 13.8 Å². The average Bonchev–Trinajstić information content (AvgIpc) is 2.36. The van der Waals surface area contributed by atoms with Gasteiger partial charge >= 0.3 is 0 Å². The normalized spacial score (nSPS) is 23.2. The van der Waals surface area contributed by atoms with E-state index in [-0.39, 0.29) is 5.69 Å². The minimum Gasteiger partial charge on any atom is -0.494 e. The van der Waals surface area contributed by atoms with Crippen molar-refractivity contribution in [3.63, 3.8) is 0 Å². The van der Waals surface area contributed by atoms with Crippen LogP contribution in [0, 0.1) is 22.0 Å². The number of methoxy groups -OCH3 is 1. The van der Waals surface area contributed by atoms with Crippen molar-refractivity contribution in [1.29, 1.82) is 0 Å². The molecule has 2 atom stereocenters. The molecule has 0 saturated carbocycles. The second-order valence-corrected chi connectivity index (χ2v) is 5.46. The van der Waals surface area contributed by atoms with E-state index in [1.54, 1.807) is 19.2 Å². The molecule has 1 aliphatic heterocycles. The first-order valence-corrected chi connectivity index (χ1v) is 6.58. The summed E-state index contributed by atoms with van der Waals surface area (Å²) < 4.78 is 5.31. The number of ether oxygens (including phenoxy) is 1. The van der Waals surface area contributed by atoms with Crippen LogP contribution in [0.15, 0.2) is 18.2 Å². The van der Waals surface area contributed by atoms with Crippen LogP contribution in [-0.2, 0) is 0 Å². The molecule has 5 heteroatoms. The highest BCUT2D eigenvalue weighted by molar-refractivity contribution is 5.62. The maximum absolute atomic E-state index is 10.8. The summed E-state index contributed by atoms with van der Waals surface area (Å²) in [6, 6.07) is 4.84. The van der Waals surface area contributed by atoms with E-state index in [1.807, 2.05) is 0 Å². The smallest absolute Gasteiger partial charge is 0.273 e. The lowest BCUT2D eigenvalue weighted by atomic mass is 9.91. The zero-order valence-electron chi connectivity index (χ0n) is 11.6. The van der Waals surface area contributed by atoms with Crippen LogP contribution in [0.1, 0.15) is 20.3 Å². The topological polar surface area (TPSA) is 55.6 Å². The van der Waals surface area contributed by atoms with E-state index in [2.05, 4.69) is 18.7 Å². The van der Waals surface area contributed by atoms with Crippen molar-refractivity contribution in [2.75, 3.05) is 25.1 Å². The van der Waals surface area contributed by atoms with E-state index >= 15 is 0 Å². The fourth-order valence-electron chi connectivity index (χ4n) is 2.90. The summed E-state index contributed by atoms with van der Waals surface area (Å²) in [6.07, 6.45) is 1.23. The number of hydrogen-bond donors (Lipinski definition) is 0. The summed E-state index contributed by atoms with van der Waals surface area (Å²) in [5.41, 5.74) is 1.02. The van der Waals surface area contributed by atoms with Crippen molar-refractivity contribution in [2.24, 2.45) is 11.8 Å². The SMILES string of the molecule is COc1cc([N+](=O)[O-])ccc1N1C[C@H](C)C[C@H](C)C1. The first-order chi connectivity index (χ1) is 9.01. The standard InChI is InChI=1S/C14H20N2O3/c1-10-6-11(2)9-15(8-10)13-5-4-12(16(17)18)7-14(13)19-3/h4-5,7,10-11H,6,8-9H2,1-3H3/t10-,11+. The van der Waals surface area contributed by atoms with Crippen LogP contribution in [0.2, 0.25) is 0 Å². The van der Waals surface area contributed by atoms with Crippen LogP contribution < -0.4 is 9.64 Å². The van der Waals surface area contributed by atoms with Gasteiger partial charge in [-0.05, 0) is 24.3 Å². The molecule has 1 heterocycles. The number of nitro groups is 1. The fourth-order valence-corrected chi connectivity index (χ4v) is 2.90. The molecule has 5 nitrogen and oxygen atoms in total. The zero-order chi connectivity index (χ0) is 14.0. The molecule has 0 unspecified atom stereocenters. The van der Waals surface area contributed by atoms with E-state index in [4.69, 9.17) is 4.74 Å². The number of piperidine rings is 1. The summed E-state index contributed by atoms with van der Waals surface area (Å²) in [4.78, 5) is 12.7. The summed E-state index contributed by atoms with van der Waals surface area (Å²) >= 11 is 0. The van der Waals surface area contributed by atoms with Gasteiger partial charge in [-0.2, -0.15) is 0 Å². The molecule has 1 aromatic carbocycles. The first-order valence-electron chi connectivity index (χ1n) is 6.58. The molecule has 1 aliphatic rings. The lowest BCUT2D eigenvalue weighted by molar-refractivity contribution is -0.384. The average molecular weight is 264 g/mol. The number of hydrogen-bond acceptors (Lipinski definition) is 4. The highest BCUT2D eigenvalue weighted by Gasteiger charge is 2.24. The summed E-state index contributed by atoms with van der Waals surface area (Å²) in [6.45, 7) is 6.41. The van der Waals surface area contributed by atoms with Crippen LogP contribution in [-0.4, -0.2) is 25.1 Å². The van der Waals surface area contributed by atoms with Crippen molar-refractivity contribution in [3.8, 4) is 5.75 Å². The lowest BCUT2D eigenvalue weighted by Gasteiger charge is -2.37. The molecule has 0 N–H and O–H groups in total. The first kappa shape index (κ1) is 13.6. The van der Waals surface area contributed by atoms with Gasteiger partial charge in [0.05, 0.1) is 23.8 Å². The number of rotatable bonds is 3. The summed E-state index contributed by atoms with van der Waals surface area (Å²) in [5.74, 6) is 1.84. The van der Waals surface area contributed by atoms with Gasteiger partial charge in [0.15, 0.2) is 0 Å². The third kappa shape index (κ3) is 2.97. The zero-order valence-corrected chi connectivity index (χ0v) is 11.6. The molecule has 0 amide bonds. The maximum Gasteiger partial charge on any atom is 0.273 e. The van der Waals surface area contributed by atoms with Gasteiger partial charge < -0.3 is 9.64 Å². The Labute approximate surface area is 113 Å². The molecular formula is C14H20N2O3. The second kappa shape index (κ2) is 5.47. The van der Waals surface area contributed by atoms with E-state index in [0.29, 0.717) is 17.6 Å². The molecule has 104 valence electrons. The van der Waals surface area contributed by atoms with Crippen LogP contribution in [0.4, 0.5) is 11.4 Å². The number of nitrogens with zero attached hydrogens (tertiary/aromatic N) is 2. The third-order valence-electron chi connectivity index (χ3n) is 3.58. The van der Waals surface area contributed by atoms with Gasteiger partial charge in [0, 0.05) is 19.2 Å². The Bertz CT molecular complexity index is 466. The number of anilines is 1.